The van der Waals surface area contributed by atoms with E-state index in [0.29, 0.717) is 36.4 Å². The second-order valence-electron chi connectivity index (χ2n) is 6.97. The predicted molar refractivity (Wildman–Crippen MR) is 105 cm³/mol. The smallest absolute Gasteiger partial charge is 0.252 e. The topological polar surface area (TPSA) is 69.7 Å². The number of amides is 1. The van der Waals surface area contributed by atoms with Crippen LogP contribution in [0.5, 0.6) is 0 Å². The maximum Gasteiger partial charge on any atom is 0.252 e. The Bertz CT molecular complexity index is 872. The van der Waals surface area contributed by atoms with Gasteiger partial charge in [-0.25, -0.2) is 8.42 Å². The molecule has 1 aromatic carbocycles. The summed E-state index contributed by atoms with van der Waals surface area (Å²) < 4.78 is 27.3. The molecule has 2 aromatic rings. The van der Waals surface area contributed by atoms with E-state index < -0.39 is 10.0 Å². The Morgan fingerprint density at radius 3 is 2.33 bits per heavy atom. The number of piperazine rings is 1. The molecule has 144 valence electrons. The van der Waals surface area contributed by atoms with E-state index in [0.717, 1.165) is 18.4 Å². The zero-order valence-electron chi connectivity index (χ0n) is 15.0. The van der Waals surface area contributed by atoms with Crippen LogP contribution in [-0.4, -0.2) is 55.8 Å². The van der Waals surface area contributed by atoms with Gasteiger partial charge in [0.25, 0.3) is 10.0 Å². The fourth-order valence-electron chi connectivity index (χ4n) is 3.41. The Hall–Kier alpha value is -1.74. The third kappa shape index (κ3) is 4.08. The number of hydrogen-bond donors (Lipinski definition) is 1. The molecule has 1 aliphatic heterocycles. The van der Waals surface area contributed by atoms with E-state index in [1.165, 1.54) is 15.6 Å². The molecule has 2 aliphatic rings. The summed E-state index contributed by atoms with van der Waals surface area (Å²) in [6.45, 7) is 1.84. The zero-order valence-corrected chi connectivity index (χ0v) is 16.6. The van der Waals surface area contributed by atoms with E-state index >= 15 is 0 Å². The maximum atomic E-state index is 12.9. The summed E-state index contributed by atoms with van der Waals surface area (Å²) in [5.41, 5.74) is 0.949. The lowest BCUT2D eigenvalue weighted by molar-refractivity contribution is -0.127. The lowest BCUT2D eigenvalue weighted by Gasteiger charge is -2.38. The van der Waals surface area contributed by atoms with Gasteiger partial charge in [0.1, 0.15) is 10.3 Å². The number of thiophene rings is 1. The van der Waals surface area contributed by atoms with Crippen LogP contribution in [0.15, 0.2) is 52.1 Å². The summed E-state index contributed by atoms with van der Waals surface area (Å²) in [7, 11) is -3.44. The summed E-state index contributed by atoms with van der Waals surface area (Å²) in [6.07, 6.45) is 2.08. The summed E-state index contributed by atoms with van der Waals surface area (Å²) >= 11 is 1.24. The fraction of sp³-hybridized carbons (Fsp3) is 0.421. The van der Waals surface area contributed by atoms with Crippen LogP contribution >= 0.6 is 11.3 Å². The molecule has 6 nitrogen and oxygen atoms in total. The van der Waals surface area contributed by atoms with E-state index in [2.05, 4.69) is 10.2 Å². The Labute approximate surface area is 163 Å². The van der Waals surface area contributed by atoms with Gasteiger partial charge in [0.2, 0.25) is 5.91 Å². The lowest BCUT2D eigenvalue weighted by Crippen LogP contribution is -2.52. The molecule has 0 radical (unpaired) electrons. The van der Waals surface area contributed by atoms with Crippen molar-refractivity contribution in [3.05, 3.63) is 53.4 Å². The zero-order chi connectivity index (χ0) is 18.9. The van der Waals surface area contributed by atoms with Crippen molar-refractivity contribution in [2.24, 2.45) is 0 Å². The molecule has 2 heterocycles. The number of carbonyl (C=O) groups is 1. The monoisotopic (exact) mass is 405 g/mol. The minimum Gasteiger partial charge on any atom is -0.352 e. The number of benzene rings is 1. The highest BCUT2D eigenvalue weighted by Crippen LogP contribution is 2.28. The van der Waals surface area contributed by atoms with Crippen LogP contribution in [0.25, 0.3) is 0 Å². The van der Waals surface area contributed by atoms with Crippen LogP contribution in [0.1, 0.15) is 24.4 Å². The molecule has 1 saturated carbocycles. The second kappa shape index (κ2) is 7.71. The standard InChI is InChI=1S/C19H23N3O3S2/c23-19(20-16-8-9-16)18(15-5-2-1-3-6-15)21-10-12-22(13-11-21)27(24,25)17-7-4-14-26-17/h1-7,14,16,18H,8-13H2,(H,20,23)/t18-/m0/s1. The van der Waals surface area contributed by atoms with Crippen LogP contribution in [0, 0.1) is 0 Å². The third-order valence-corrected chi connectivity index (χ3v) is 8.29. The molecule has 27 heavy (non-hydrogen) atoms. The molecule has 0 unspecified atom stereocenters. The number of sulfonamides is 1. The van der Waals surface area contributed by atoms with E-state index in [1.807, 2.05) is 30.3 Å². The molecule has 1 N–H and O–H groups in total. The Morgan fingerprint density at radius 2 is 1.74 bits per heavy atom. The molecule has 1 aromatic heterocycles. The first-order valence-corrected chi connectivity index (χ1v) is 11.5. The van der Waals surface area contributed by atoms with E-state index in [9.17, 15) is 13.2 Å². The Kier molecular flexibility index (Phi) is 5.32. The van der Waals surface area contributed by atoms with Crippen molar-refractivity contribution >= 4 is 27.3 Å². The van der Waals surface area contributed by atoms with Gasteiger partial charge in [-0.3, -0.25) is 9.69 Å². The lowest BCUT2D eigenvalue weighted by atomic mass is 10.0. The van der Waals surface area contributed by atoms with Crippen molar-refractivity contribution < 1.29 is 13.2 Å². The van der Waals surface area contributed by atoms with Crippen LogP contribution < -0.4 is 5.32 Å². The van der Waals surface area contributed by atoms with Crippen molar-refractivity contribution in [1.29, 1.82) is 0 Å². The van der Waals surface area contributed by atoms with Crippen molar-refractivity contribution in [3.63, 3.8) is 0 Å². The van der Waals surface area contributed by atoms with Gasteiger partial charge in [-0.15, -0.1) is 11.3 Å². The number of hydrogen-bond acceptors (Lipinski definition) is 5. The Balaban J connectivity index is 1.49. The number of nitrogens with zero attached hydrogens (tertiary/aromatic N) is 2. The first-order valence-electron chi connectivity index (χ1n) is 9.19. The minimum absolute atomic E-state index is 0.0123. The minimum atomic E-state index is -3.44. The van der Waals surface area contributed by atoms with Crippen LogP contribution in [0.2, 0.25) is 0 Å². The average molecular weight is 406 g/mol. The van der Waals surface area contributed by atoms with Crippen molar-refractivity contribution in [1.82, 2.24) is 14.5 Å². The molecule has 0 bridgehead atoms. The van der Waals surface area contributed by atoms with Gasteiger partial charge < -0.3 is 5.32 Å². The Morgan fingerprint density at radius 1 is 1.04 bits per heavy atom. The molecular formula is C19H23N3O3S2. The van der Waals surface area contributed by atoms with Gasteiger partial charge in [0.15, 0.2) is 0 Å². The maximum absolute atomic E-state index is 12.9. The summed E-state index contributed by atoms with van der Waals surface area (Å²) in [4.78, 5) is 15.0. The fourth-order valence-corrected chi connectivity index (χ4v) is 5.98. The molecular weight excluding hydrogens is 382 g/mol. The molecule has 1 amide bonds. The largest absolute Gasteiger partial charge is 0.352 e. The van der Waals surface area contributed by atoms with Gasteiger partial charge in [0.05, 0.1) is 0 Å². The summed E-state index contributed by atoms with van der Waals surface area (Å²) in [6, 6.07) is 13.0. The quantitative estimate of drug-likeness (QED) is 0.799. The molecule has 1 aliphatic carbocycles. The van der Waals surface area contributed by atoms with Gasteiger partial charge in [0, 0.05) is 32.2 Å². The SMILES string of the molecule is O=C(NC1CC1)[C@H](c1ccccc1)N1CCN(S(=O)(=O)c2cccs2)CC1. The molecule has 0 spiro atoms. The molecule has 4 rings (SSSR count). The molecule has 8 heteroatoms. The average Bonchev–Trinajstić information content (AvgIpc) is 3.31. The van der Waals surface area contributed by atoms with Gasteiger partial charge in [-0.1, -0.05) is 36.4 Å². The molecule has 2 fully saturated rings. The highest BCUT2D eigenvalue weighted by atomic mass is 32.2. The summed E-state index contributed by atoms with van der Waals surface area (Å²) in [5.74, 6) is 0.0123. The first-order chi connectivity index (χ1) is 13.1. The highest BCUT2D eigenvalue weighted by molar-refractivity contribution is 7.91. The van der Waals surface area contributed by atoms with Crippen molar-refractivity contribution in [3.8, 4) is 0 Å². The van der Waals surface area contributed by atoms with Gasteiger partial charge in [-0.05, 0) is 29.9 Å². The molecule has 1 atom stereocenters. The highest BCUT2D eigenvalue weighted by Gasteiger charge is 2.36. The van der Waals surface area contributed by atoms with Gasteiger partial charge in [-0.2, -0.15) is 4.31 Å². The normalized spacial score (nSPS) is 20.3. The number of carbonyl (C=O) groups excluding carboxylic acids is 1. The molecule has 1 saturated heterocycles. The summed E-state index contributed by atoms with van der Waals surface area (Å²) in [5, 5.41) is 4.88. The number of rotatable bonds is 6. The number of nitrogens with one attached hydrogen (secondary N) is 1. The van der Waals surface area contributed by atoms with Gasteiger partial charge >= 0.3 is 0 Å². The first kappa shape index (κ1) is 18.6. The van der Waals surface area contributed by atoms with Crippen LogP contribution in [0.3, 0.4) is 0 Å². The van der Waals surface area contributed by atoms with E-state index in [4.69, 9.17) is 0 Å². The second-order valence-corrected chi connectivity index (χ2v) is 10.1. The van der Waals surface area contributed by atoms with Crippen LogP contribution in [-0.2, 0) is 14.8 Å². The van der Waals surface area contributed by atoms with E-state index in [-0.39, 0.29) is 11.9 Å². The van der Waals surface area contributed by atoms with Crippen molar-refractivity contribution in [2.75, 3.05) is 26.2 Å². The third-order valence-electron chi connectivity index (χ3n) is 5.01. The predicted octanol–water partition coefficient (Wildman–Crippen LogP) is 2.07. The van der Waals surface area contributed by atoms with Crippen molar-refractivity contribution in [2.45, 2.75) is 29.1 Å². The van der Waals surface area contributed by atoms with E-state index in [1.54, 1.807) is 17.5 Å². The van der Waals surface area contributed by atoms with Crippen LogP contribution in [0.4, 0.5) is 0 Å².